The minimum Gasteiger partial charge on any atom is -0.490 e. The molecule has 1 unspecified atom stereocenters. The average Bonchev–Trinajstić information content (AvgIpc) is 3.28. The van der Waals surface area contributed by atoms with E-state index in [1.807, 2.05) is 18.2 Å². The molecule has 1 aliphatic heterocycles. The molecule has 1 fully saturated rings. The number of aliphatic hydroxyl groups is 1. The van der Waals surface area contributed by atoms with Gasteiger partial charge >= 0.3 is 5.91 Å². The molecule has 1 saturated heterocycles. The van der Waals surface area contributed by atoms with Crippen LogP contribution in [0.4, 0.5) is 0 Å². The summed E-state index contributed by atoms with van der Waals surface area (Å²) in [5, 5.41) is 12.3. The molecule has 0 aliphatic carbocycles. The molecule has 0 saturated carbocycles. The summed E-state index contributed by atoms with van der Waals surface area (Å²) in [6.07, 6.45) is 1.27. The van der Waals surface area contributed by atoms with Crippen molar-refractivity contribution in [1.29, 1.82) is 0 Å². The number of nitrogens with one attached hydrogen (secondary N) is 2. The number of hydrogen-bond acceptors (Lipinski definition) is 6. The predicted molar refractivity (Wildman–Crippen MR) is 134 cm³/mol. The van der Waals surface area contributed by atoms with E-state index < -0.39 is 17.9 Å². The van der Waals surface area contributed by atoms with Gasteiger partial charge in [0.1, 0.15) is 24.0 Å². The number of ether oxygens (including phenoxy) is 1. The second kappa shape index (κ2) is 11.3. The smallest absolute Gasteiger partial charge is 0.305 e. The third-order valence-corrected chi connectivity index (χ3v) is 6.74. The molecule has 1 aliphatic rings. The van der Waals surface area contributed by atoms with Crippen molar-refractivity contribution in [3.8, 4) is 5.75 Å². The van der Waals surface area contributed by atoms with E-state index in [2.05, 4.69) is 15.8 Å². The van der Waals surface area contributed by atoms with Crippen LogP contribution in [0, 0.1) is 0 Å². The van der Waals surface area contributed by atoms with Crippen molar-refractivity contribution in [3.63, 3.8) is 0 Å². The maximum absolute atomic E-state index is 12.1. The van der Waals surface area contributed by atoms with Crippen molar-refractivity contribution in [2.24, 2.45) is 0 Å². The lowest BCUT2D eigenvalue weighted by atomic mass is 9.89. The summed E-state index contributed by atoms with van der Waals surface area (Å²) in [5.41, 5.74) is 6.14. The van der Waals surface area contributed by atoms with E-state index >= 15 is 0 Å². The topological polar surface area (TPSA) is 104 Å². The van der Waals surface area contributed by atoms with Crippen LogP contribution in [0.15, 0.2) is 46.9 Å². The van der Waals surface area contributed by atoms with E-state index in [1.165, 1.54) is 12.5 Å². The monoisotopic (exact) mass is 519 g/mol. The number of likely N-dealkylation sites (tertiary alicyclic amines) is 1. The lowest BCUT2D eigenvalue weighted by Crippen LogP contribution is -2.40. The van der Waals surface area contributed by atoms with Gasteiger partial charge in [-0.15, -0.1) is 0 Å². The van der Waals surface area contributed by atoms with Gasteiger partial charge < -0.3 is 19.2 Å². The number of piperidine rings is 1. The number of fused-ring (bicyclic) bond motifs is 1. The largest absolute Gasteiger partial charge is 0.490 e. The molecule has 3 N–H and O–H groups in total. The Kier molecular flexibility index (Phi) is 8.18. The van der Waals surface area contributed by atoms with Crippen LogP contribution in [0.3, 0.4) is 0 Å². The quantitative estimate of drug-likeness (QED) is 0.405. The SMILES string of the molecule is CC(=O)NNC(=O)c1cc2c(OCC(O)CN3CCC(c4ccc(Cl)c(Cl)c4)CC3)cccc2o1. The molecule has 0 radical (unpaired) electrons. The molecule has 10 heteroatoms. The number of carbonyl (C=O) groups is 2. The number of benzene rings is 2. The molecule has 1 aromatic heterocycles. The summed E-state index contributed by atoms with van der Waals surface area (Å²) in [6.45, 7) is 3.62. The molecular weight excluding hydrogens is 493 g/mol. The minimum absolute atomic E-state index is 0.0372. The summed E-state index contributed by atoms with van der Waals surface area (Å²) in [7, 11) is 0. The number of furan rings is 1. The highest BCUT2D eigenvalue weighted by atomic mass is 35.5. The minimum atomic E-state index is -0.679. The number of carbonyl (C=O) groups excluding carboxylic acids is 2. The molecule has 2 aromatic carbocycles. The van der Waals surface area contributed by atoms with E-state index in [4.69, 9.17) is 32.4 Å². The number of hydrogen-bond donors (Lipinski definition) is 3. The van der Waals surface area contributed by atoms with Crippen LogP contribution in [-0.4, -0.2) is 54.2 Å². The Balaban J connectivity index is 1.29. The van der Waals surface area contributed by atoms with E-state index in [9.17, 15) is 14.7 Å². The summed E-state index contributed by atoms with van der Waals surface area (Å²) in [4.78, 5) is 25.4. The van der Waals surface area contributed by atoms with Gasteiger partial charge in [0.2, 0.25) is 5.91 Å². The Morgan fingerprint density at radius 2 is 1.91 bits per heavy atom. The number of nitrogens with zero attached hydrogens (tertiary/aromatic N) is 1. The van der Waals surface area contributed by atoms with Gasteiger partial charge in [0.05, 0.1) is 15.4 Å². The zero-order chi connectivity index (χ0) is 24.9. The van der Waals surface area contributed by atoms with Crippen molar-refractivity contribution in [2.45, 2.75) is 31.8 Å². The standard InChI is InChI=1S/C25H27Cl2N3O5/c1-15(31)28-29-25(33)24-12-19-22(3-2-4-23(19)35-24)34-14-18(32)13-30-9-7-16(8-10-30)17-5-6-20(26)21(27)11-17/h2-6,11-12,16,18,32H,7-10,13-14H2,1H3,(H,28,31)(H,29,33). The second-order valence-electron chi connectivity index (χ2n) is 8.63. The second-order valence-corrected chi connectivity index (χ2v) is 9.44. The fourth-order valence-corrected chi connectivity index (χ4v) is 4.54. The number of hydrazine groups is 1. The van der Waals surface area contributed by atoms with Crippen LogP contribution in [0.5, 0.6) is 5.75 Å². The Morgan fingerprint density at radius 3 is 2.63 bits per heavy atom. The van der Waals surface area contributed by atoms with Crippen LogP contribution < -0.4 is 15.6 Å². The van der Waals surface area contributed by atoms with Crippen molar-refractivity contribution >= 4 is 46.0 Å². The molecule has 35 heavy (non-hydrogen) atoms. The fraction of sp³-hybridized carbons (Fsp3) is 0.360. The van der Waals surface area contributed by atoms with Crippen molar-refractivity contribution in [1.82, 2.24) is 15.8 Å². The molecule has 186 valence electrons. The van der Waals surface area contributed by atoms with Gasteiger partial charge in [0.25, 0.3) is 0 Å². The Bertz CT molecular complexity index is 1210. The fourth-order valence-electron chi connectivity index (χ4n) is 4.23. The van der Waals surface area contributed by atoms with Gasteiger partial charge in [0, 0.05) is 19.5 Å². The third-order valence-electron chi connectivity index (χ3n) is 6.00. The zero-order valence-corrected chi connectivity index (χ0v) is 20.7. The Labute approximate surface area is 213 Å². The van der Waals surface area contributed by atoms with Crippen LogP contribution in [-0.2, 0) is 4.79 Å². The van der Waals surface area contributed by atoms with E-state index in [1.54, 1.807) is 24.3 Å². The number of aliphatic hydroxyl groups excluding tert-OH is 1. The molecule has 2 heterocycles. The zero-order valence-electron chi connectivity index (χ0n) is 19.2. The molecule has 3 aromatic rings. The molecule has 0 spiro atoms. The van der Waals surface area contributed by atoms with Crippen LogP contribution in [0.2, 0.25) is 10.0 Å². The number of amides is 2. The summed E-state index contributed by atoms with van der Waals surface area (Å²) >= 11 is 12.2. The number of halogens is 2. The van der Waals surface area contributed by atoms with Gasteiger partial charge in [-0.25, -0.2) is 0 Å². The normalized spacial score (nSPS) is 15.7. The van der Waals surface area contributed by atoms with E-state index in [0.29, 0.717) is 39.2 Å². The highest BCUT2D eigenvalue weighted by Crippen LogP contribution is 2.32. The first-order chi connectivity index (χ1) is 16.8. The maximum Gasteiger partial charge on any atom is 0.305 e. The Hall–Kier alpha value is -2.78. The molecule has 1 atom stereocenters. The lowest BCUT2D eigenvalue weighted by molar-refractivity contribution is -0.119. The van der Waals surface area contributed by atoms with Crippen LogP contribution in [0.1, 0.15) is 41.8 Å². The van der Waals surface area contributed by atoms with Crippen molar-refractivity contribution < 1.29 is 23.8 Å². The van der Waals surface area contributed by atoms with Crippen molar-refractivity contribution in [3.05, 3.63) is 63.8 Å². The molecule has 0 bridgehead atoms. The number of β-amino-alcohol motifs (C(OH)–C–C–N with tert-alkyl or cyclic N) is 1. The average molecular weight is 520 g/mol. The highest BCUT2D eigenvalue weighted by molar-refractivity contribution is 6.42. The van der Waals surface area contributed by atoms with E-state index in [0.717, 1.165) is 25.9 Å². The first-order valence-electron chi connectivity index (χ1n) is 11.4. The van der Waals surface area contributed by atoms with Crippen LogP contribution >= 0.6 is 23.2 Å². The summed E-state index contributed by atoms with van der Waals surface area (Å²) in [5.74, 6) is -0.0136. The van der Waals surface area contributed by atoms with Gasteiger partial charge in [-0.3, -0.25) is 20.4 Å². The first kappa shape index (κ1) is 25.3. The maximum atomic E-state index is 12.1. The first-order valence-corrected chi connectivity index (χ1v) is 12.1. The molecule has 8 nitrogen and oxygen atoms in total. The predicted octanol–water partition coefficient (Wildman–Crippen LogP) is 4.14. The summed E-state index contributed by atoms with van der Waals surface area (Å²) < 4.78 is 11.4. The van der Waals surface area contributed by atoms with Gasteiger partial charge in [-0.1, -0.05) is 35.3 Å². The Morgan fingerprint density at radius 1 is 1.14 bits per heavy atom. The third kappa shape index (κ3) is 6.46. The summed E-state index contributed by atoms with van der Waals surface area (Å²) in [6, 6.07) is 12.6. The molecule has 4 rings (SSSR count). The lowest BCUT2D eigenvalue weighted by Gasteiger charge is -2.33. The number of rotatable bonds is 7. The molecular formula is C25H27Cl2N3O5. The van der Waals surface area contributed by atoms with Crippen molar-refractivity contribution in [2.75, 3.05) is 26.2 Å². The molecule has 2 amide bonds. The van der Waals surface area contributed by atoms with Crippen LogP contribution in [0.25, 0.3) is 11.0 Å². The van der Waals surface area contributed by atoms with E-state index in [-0.39, 0.29) is 12.4 Å². The van der Waals surface area contributed by atoms with Gasteiger partial charge in [-0.05, 0) is 61.7 Å². The highest BCUT2D eigenvalue weighted by Gasteiger charge is 2.23. The van der Waals surface area contributed by atoms with Gasteiger partial charge in [-0.2, -0.15) is 0 Å². The van der Waals surface area contributed by atoms with Gasteiger partial charge in [0.15, 0.2) is 5.76 Å².